The van der Waals surface area contributed by atoms with E-state index in [4.69, 9.17) is 9.47 Å². The highest BCUT2D eigenvalue weighted by Gasteiger charge is 2.25. The minimum atomic E-state index is -0.846. The minimum Gasteiger partial charge on any atom is -0.459 e. The largest absolute Gasteiger partial charge is 0.459 e. The third kappa shape index (κ3) is 8.00. The predicted molar refractivity (Wildman–Crippen MR) is 97.3 cm³/mol. The summed E-state index contributed by atoms with van der Waals surface area (Å²) >= 11 is 0. The van der Waals surface area contributed by atoms with Gasteiger partial charge in [0.25, 0.3) is 0 Å². The molecule has 0 aliphatic carbocycles. The van der Waals surface area contributed by atoms with Crippen LogP contribution in [0.4, 0.5) is 4.79 Å². The number of esters is 1. The molecule has 1 aromatic carbocycles. The Labute approximate surface area is 154 Å². The van der Waals surface area contributed by atoms with E-state index in [9.17, 15) is 14.4 Å². The van der Waals surface area contributed by atoms with Gasteiger partial charge in [-0.1, -0.05) is 37.3 Å². The summed E-state index contributed by atoms with van der Waals surface area (Å²) in [5.41, 5.74) is 0.204. The van der Waals surface area contributed by atoms with Gasteiger partial charge >= 0.3 is 12.1 Å². The van der Waals surface area contributed by atoms with Gasteiger partial charge in [0.05, 0.1) is 0 Å². The summed E-state index contributed by atoms with van der Waals surface area (Å²) in [6.07, 6.45) is -0.321. The lowest BCUT2D eigenvalue weighted by molar-refractivity contribution is -0.149. The van der Waals surface area contributed by atoms with Gasteiger partial charge in [-0.2, -0.15) is 0 Å². The predicted octanol–water partition coefficient (Wildman–Crippen LogP) is 2.54. The number of carbonyl (C=O) groups is 3. The number of carbonyl (C=O) groups excluding carboxylic acids is 3. The van der Waals surface area contributed by atoms with E-state index < -0.39 is 35.7 Å². The monoisotopic (exact) mass is 364 g/mol. The van der Waals surface area contributed by atoms with E-state index in [2.05, 4.69) is 10.6 Å². The van der Waals surface area contributed by atoms with Gasteiger partial charge in [-0.25, -0.2) is 9.59 Å². The van der Waals surface area contributed by atoms with E-state index in [-0.39, 0.29) is 6.61 Å². The van der Waals surface area contributed by atoms with Crippen molar-refractivity contribution >= 4 is 18.0 Å². The Morgan fingerprint density at radius 1 is 1.08 bits per heavy atom. The molecular weight excluding hydrogens is 336 g/mol. The molecule has 26 heavy (non-hydrogen) atoms. The second kappa shape index (κ2) is 9.79. The van der Waals surface area contributed by atoms with Crippen LogP contribution in [0.5, 0.6) is 0 Å². The van der Waals surface area contributed by atoms with E-state index in [1.807, 2.05) is 30.3 Å². The molecule has 0 bridgehead atoms. The highest BCUT2D eigenvalue weighted by Crippen LogP contribution is 2.07. The third-order valence-electron chi connectivity index (χ3n) is 3.36. The van der Waals surface area contributed by atoms with Crippen molar-refractivity contribution < 1.29 is 23.9 Å². The fraction of sp³-hybridized carbons (Fsp3) is 0.526. The second-order valence-electron chi connectivity index (χ2n) is 6.93. The fourth-order valence-electron chi connectivity index (χ4n) is 2.00. The first-order chi connectivity index (χ1) is 12.1. The van der Waals surface area contributed by atoms with Gasteiger partial charge in [0.2, 0.25) is 5.91 Å². The Bertz CT molecular complexity index is 610. The van der Waals surface area contributed by atoms with Crippen LogP contribution in [-0.4, -0.2) is 35.7 Å². The number of rotatable bonds is 7. The maximum absolute atomic E-state index is 12.2. The normalized spacial score (nSPS) is 13.3. The van der Waals surface area contributed by atoms with Gasteiger partial charge in [0.15, 0.2) is 0 Å². The van der Waals surface area contributed by atoms with Gasteiger partial charge in [-0.3, -0.25) is 4.79 Å². The number of alkyl carbamates (subject to hydrolysis) is 1. The van der Waals surface area contributed by atoms with E-state index in [1.165, 1.54) is 6.92 Å². The highest BCUT2D eigenvalue weighted by molar-refractivity contribution is 5.89. The van der Waals surface area contributed by atoms with E-state index in [1.54, 1.807) is 27.7 Å². The van der Waals surface area contributed by atoms with E-state index in [0.717, 1.165) is 5.56 Å². The maximum Gasteiger partial charge on any atom is 0.408 e. The number of hydrogen-bond acceptors (Lipinski definition) is 5. The first-order valence-electron chi connectivity index (χ1n) is 8.63. The van der Waals surface area contributed by atoms with Crippen LogP contribution in [-0.2, 0) is 25.7 Å². The number of amides is 2. The first-order valence-corrected chi connectivity index (χ1v) is 8.63. The van der Waals surface area contributed by atoms with Gasteiger partial charge < -0.3 is 20.1 Å². The van der Waals surface area contributed by atoms with Crippen LogP contribution in [0.3, 0.4) is 0 Å². The lowest BCUT2D eigenvalue weighted by Crippen LogP contribution is -2.51. The summed E-state index contributed by atoms with van der Waals surface area (Å²) in [5, 5.41) is 5.02. The summed E-state index contributed by atoms with van der Waals surface area (Å²) in [6.45, 7) is 8.60. The van der Waals surface area contributed by atoms with Crippen molar-refractivity contribution in [2.24, 2.45) is 0 Å². The number of hydrogen-bond donors (Lipinski definition) is 2. The first kappa shape index (κ1) is 21.5. The molecule has 0 unspecified atom stereocenters. The second-order valence-corrected chi connectivity index (χ2v) is 6.93. The zero-order valence-electron chi connectivity index (χ0n) is 16.0. The molecule has 1 rings (SSSR count). The van der Waals surface area contributed by atoms with Gasteiger partial charge in [0, 0.05) is 0 Å². The Balaban J connectivity index is 2.50. The van der Waals surface area contributed by atoms with Crippen LogP contribution in [0.15, 0.2) is 30.3 Å². The molecule has 0 aromatic heterocycles. The van der Waals surface area contributed by atoms with Crippen molar-refractivity contribution in [2.45, 2.75) is 65.3 Å². The van der Waals surface area contributed by atoms with Gasteiger partial charge in [-0.05, 0) is 39.7 Å². The van der Waals surface area contributed by atoms with E-state index >= 15 is 0 Å². The number of nitrogens with one attached hydrogen (secondary N) is 2. The van der Waals surface area contributed by atoms with Gasteiger partial charge in [0.1, 0.15) is 24.3 Å². The average Bonchev–Trinajstić information content (AvgIpc) is 2.56. The standard InChI is InChI=1S/C19H28N2O5/c1-6-15(17(23)25-12-14-10-8-7-9-11-14)21-16(22)13(2)20-18(24)26-19(3,4)5/h7-11,13,15H,6,12H2,1-5H3,(H,20,24)(H,21,22)/t13-,15-/m0/s1. The smallest absolute Gasteiger partial charge is 0.408 e. The molecule has 0 saturated carbocycles. The molecule has 2 amide bonds. The highest BCUT2D eigenvalue weighted by atomic mass is 16.6. The molecule has 0 aliphatic heterocycles. The molecule has 0 radical (unpaired) electrons. The zero-order chi connectivity index (χ0) is 19.7. The molecule has 0 saturated heterocycles. The fourth-order valence-corrected chi connectivity index (χ4v) is 2.00. The van der Waals surface area contributed by atoms with Crippen LogP contribution in [0.25, 0.3) is 0 Å². The number of ether oxygens (including phenoxy) is 2. The molecule has 0 fully saturated rings. The molecular formula is C19H28N2O5. The van der Waals surface area contributed by atoms with E-state index in [0.29, 0.717) is 6.42 Å². The zero-order valence-corrected chi connectivity index (χ0v) is 16.0. The van der Waals surface area contributed by atoms with Crippen molar-refractivity contribution in [3.8, 4) is 0 Å². The molecule has 0 aliphatic rings. The molecule has 0 heterocycles. The Hall–Kier alpha value is -2.57. The average molecular weight is 364 g/mol. The van der Waals surface area contributed by atoms with Crippen LogP contribution in [0.1, 0.15) is 46.6 Å². The number of benzene rings is 1. The van der Waals surface area contributed by atoms with Crippen molar-refractivity contribution in [3.63, 3.8) is 0 Å². The van der Waals surface area contributed by atoms with Crippen LogP contribution in [0, 0.1) is 0 Å². The lowest BCUT2D eigenvalue weighted by atomic mass is 10.2. The quantitative estimate of drug-likeness (QED) is 0.725. The molecule has 1 aromatic rings. The van der Waals surface area contributed by atoms with Crippen molar-refractivity contribution in [3.05, 3.63) is 35.9 Å². The SMILES string of the molecule is CC[C@H](NC(=O)[C@H](C)NC(=O)OC(C)(C)C)C(=O)OCc1ccccc1. The summed E-state index contributed by atoms with van der Waals surface area (Å²) in [7, 11) is 0. The van der Waals surface area contributed by atoms with Crippen molar-refractivity contribution in [1.82, 2.24) is 10.6 Å². The van der Waals surface area contributed by atoms with Crippen LogP contribution >= 0.6 is 0 Å². The molecule has 2 N–H and O–H groups in total. The molecule has 2 atom stereocenters. The Morgan fingerprint density at radius 2 is 1.69 bits per heavy atom. The topological polar surface area (TPSA) is 93.7 Å². The minimum absolute atomic E-state index is 0.137. The Kier molecular flexibility index (Phi) is 8.09. The molecule has 7 nitrogen and oxygen atoms in total. The van der Waals surface area contributed by atoms with Crippen molar-refractivity contribution in [2.75, 3.05) is 0 Å². The summed E-state index contributed by atoms with van der Waals surface area (Å²) in [4.78, 5) is 36.1. The van der Waals surface area contributed by atoms with Crippen LogP contribution < -0.4 is 10.6 Å². The third-order valence-corrected chi connectivity index (χ3v) is 3.36. The van der Waals surface area contributed by atoms with Crippen molar-refractivity contribution in [1.29, 1.82) is 0 Å². The summed E-state index contributed by atoms with van der Waals surface area (Å²) in [6, 6.07) is 7.65. The summed E-state index contributed by atoms with van der Waals surface area (Å²) < 4.78 is 10.3. The van der Waals surface area contributed by atoms with Gasteiger partial charge in [-0.15, -0.1) is 0 Å². The molecule has 0 spiro atoms. The lowest BCUT2D eigenvalue weighted by Gasteiger charge is -2.23. The maximum atomic E-state index is 12.2. The molecule has 144 valence electrons. The Morgan fingerprint density at radius 3 is 2.23 bits per heavy atom. The van der Waals surface area contributed by atoms with Crippen LogP contribution in [0.2, 0.25) is 0 Å². The summed E-state index contributed by atoms with van der Waals surface area (Å²) in [5.74, 6) is -1.01. The molecule has 7 heteroatoms.